The Morgan fingerprint density at radius 2 is 2.40 bits per heavy atom. The summed E-state index contributed by atoms with van der Waals surface area (Å²) < 4.78 is 2.12. The number of carboxylic acid groups (broad SMARTS) is 1. The van der Waals surface area contributed by atoms with Crippen molar-refractivity contribution in [3.63, 3.8) is 0 Å². The van der Waals surface area contributed by atoms with Crippen molar-refractivity contribution >= 4 is 5.97 Å². The summed E-state index contributed by atoms with van der Waals surface area (Å²) in [5, 5.41) is 16.9. The monoisotopic (exact) mass is 209 g/mol. The van der Waals surface area contributed by atoms with E-state index in [1.807, 2.05) is 6.92 Å². The summed E-state index contributed by atoms with van der Waals surface area (Å²) in [5.74, 6) is 1.36. The molecule has 0 aromatic carbocycles. The van der Waals surface area contributed by atoms with Crippen LogP contribution < -0.4 is 0 Å². The number of carbonyl (C=O) groups is 1. The molecule has 0 spiro atoms. The molecule has 1 aliphatic heterocycles. The van der Waals surface area contributed by atoms with Crippen molar-refractivity contribution in [3.8, 4) is 0 Å². The minimum absolute atomic E-state index is 0.122. The number of aliphatic carboxylic acids is 1. The van der Waals surface area contributed by atoms with Crippen LogP contribution in [0, 0.1) is 5.92 Å². The maximum absolute atomic E-state index is 10.5. The van der Waals surface area contributed by atoms with Crippen molar-refractivity contribution in [2.24, 2.45) is 5.92 Å². The number of fused-ring (bicyclic) bond motifs is 1. The number of rotatable bonds is 4. The minimum Gasteiger partial charge on any atom is -0.481 e. The van der Waals surface area contributed by atoms with Gasteiger partial charge in [0.05, 0.1) is 0 Å². The summed E-state index contributed by atoms with van der Waals surface area (Å²) in [6.07, 6.45) is 3.03. The van der Waals surface area contributed by atoms with E-state index in [9.17, 15) is 4.79 Å². The summed E-state index contributed by atoms with van der Waals surface area (Å²) in [6, 6.07) is 0. The minimum atomic E-state index is -0.747. The summed E-state index contributed by atoms with van der Waals surface area (Å²) in [4.78, 5) is 10.5. The number of hydrogen-bond acceptors (Lipinski definition) is 3. The van der Waals surface area contributed by atoms with Crippen LogP contribution in [0.2, 0.25) is 0 Å². The van der Waals surface area contributed by atoms with Crippen molar-refractivity contribution in [3.05, 3.63) is 11.6 Å². The molecule has 1 aromatic heterocycles. The van der Waals surface area contributed by atoms with E-state index in [-0.39, 0.29) is 12.3 Å². The predicted molar refractivity (Wildman–Crippen MR) is 53.5 cm³/mol. The zero-order valence-electron chi connectivity index (χ0n) is 8.81. The van der Waals surface area contributed by atoms with Gasteiger partial charge in [-0.25, -0.2) is 0 Å². The molecule has 2 heterocycles. The highest BCUT2D eigenvalue weighted by Gasteiger charge is 2.19. The van der Waals surface area contributed by atoms with Gasteiger partial charge in [-0.3, -0.25) is 4.79 Å². The third-order valence-electron chi connectivity index (χ3n) is 2.74. The Morgan fingerprint density at radius 1 is 1.60 bits per heavy atom. The quantitative estimate of drug-likeness (QED) is 0.799. The van der Waals surface area contributed by atoms with Crippen LogP contribution in [0.5, 0.6) is 0 Å². The standard InChI is InChI=1S/C10H15N3O2/c1-7(6-10(14)15)5-9-12-11-8-3-2-4-13(8)9/h7H,2-6H2,1H3,(H,14,15). The number of carboxylic acids is 1. The lowest BCUT2D eigenvalue weighted by molar-refractivity contribution is -0.137. The first-order valence-electron chi connectivity index (χ1n) is 5.29. The van der Waals surface area contributed by atoms with Gasteiger partial charge in [0.1, 0.15) is 11.6 Å². The van der Waals surface area contributed by atoms with E-state index in [1.54, 1.807) is 0 Å². The molecule has 1 unspecified atom stereocenters. The van der Waals surface area contributed by atoms with Crippen LogP contribution in [0.3, 0.4) is 0 Å². The zero-order valence-corrected chi connectivity index (χ0v) is 8.81. The molecular weight excluding hydrogens is 194 g/mol. The van der Waals surface area contributed by atoms with E-state index in [1.165, 1.54) is 0 Å². The molecule has 1 N–H and O–H groups in total. The summed E-state index contributed by atoms with van der Waals surface area (Å²) in [6.45, 7) is 2.92. The van der Waals surface area contributed by atoms with Gasteiger partial charge in [0, 0.05) is 25.8 Å². The van der Waals surface area contributed by atoms with Gasteiger partial charge in [-0.1, -0.05) is 6.92 Å². The van der Waals surface area contributed by atoms with Gasteiger partial charge in [0.25, 0.3) is 0 Å². The van der Waals surface area contributed by atoms with E-state index in [2.05, 4.69) is 14.8 Å². The number of aryl methyl sites for hydroxylation is 1. The Labute approximate surface area is 88.1 Å². The molecule has 0 radical (unpaired) electrons. The summed E-state index contributed by atoms with van der Waals surface area (Å²) >= 11 is 0. The lowest BCUT2D eigenvalue weighted by atomic mass is 10.0. The first kappa shape index (κ1) is 10.1. The molecular formula is C10H15N3O2. The molecule has 0 saturated heterocycles. The Kier molecular flexibility index (Phi) is 2.70. The molecule has 0 bridgehead atoms. The fourth-order valence-corrected chi connectivity index (χ4v) is 2.04. The Balaban J connectivity index is 2.01. The van der Waals surface area contributed by atoms with Crippen LogP contribution in [0.4, 0.5) is 0 Å². The molecule has 0 amide bonds. The predicted octanol–water partition coefficient (Wildman–Crippen LogP) is 0.878. The molecule has 5 heteroatoms. The first-order valence-corrected chi connectivity index (χ1v) is 5.29. The van der Waals surface area contributed by atoms with Gasteiger partial charge in [0.2, 0.25) is 0 Å². The number of aromatic nitrogens is 3. The molecule has 82 valence electrons. The van der Waals surface area contributed by atoms with Crippen LogP contribution >= 0.6 is 0 Å². The molecule has 0 saturated carbocycles. The van der Waals surface area contributed by atoms with Crippen molar-refractivity contribution < 1.29 is 9.90 Å². The second-order valence-electron chi connectivity index (χ2n) is 4.19. The summed E-state index contributed by atoms with van der Waals surface area (Å²) in [7, 11) is 0. The van der Waals surface area contributed by atoms with Crippen molar-refractivity contribution in [1.29, 1.82) is 0 Å². The average Bonchev–Trinajstić information content (AvgIpc) is 2.68. The second kappa shape index (κ2) is 4.00. The fourth-order valence-electron chi connectivity index (χ4n) is 2.04. The highest BCUT2D eigenvalue weighted by Crippen LogP contribution is 2.17. The molecule has 1 aromatic rings. The first-order chi connectivity index (χ1) is 7.16. The molecule has 1 aliphatic rings. The van der Waals surface area contributed by atoms with Crippen LogP contribution in [-0.4, -0.2) is 25.8 Å². The van der Waals surface area contributed by atoms with Crippen LogP contribution in [-0.2, 0) is 24.2 Å². The van der Waals surface area contributed by atoms with Crippen molar-refractivity contribution in [1.82, 2.24) is 14.8 Å². The maximum atomic E-state index is 10.5. The SMILES string of the molecule is CC(CC(=O)O)Cc1nnc2n1CCC2. The molecule has 0 fully saturated rings. The van der Waals surface area contributed by atoms with E-state index < -0.39 is 5.97 Å². The summed E-state index contributed by atoms with van der Waals surface area (Å²) in [5.41, 5.74) is 0. The Morgan fingerprint density at radius 3 is 3.13 bits per heavy atom. The molecule has 0 aliphatic carbocycles. The number of hydrogen-bond donors (Lipinski definition) is 1. The lowest BCUT2D eigenvalue weighted by Crippen LogP contribution is -2.11. The second-order valence-corrected chi connectivity index (χ2v) is 4.19. The van der Waals surface area contributed by atoms with E-state index >= 15 is 0 Å². The van der Waals surface area contributed by atoms with Gasteiger partial charge in [-0.2, -0.15) is 0 Å². The van der Waals surface area contributed by atoms with Crippen LogP contribution in [0.25, 0.3) is 0 Å². The van der Waals surface area contributed by atoms with Crippen molar-refractivity contribution in [2.75, 3.05) is 0 Å². The molecule has 1 atom stereocenters. The topological polar surface area (TPSA) is 68.0 Å². The average molecular weight is 209 g/mol. The highest BCUT2D eigenvalue weighted by molar-refractivity contribution is 5.66. The normalized spacial score (nSPS) is 16.3. The molecule has 5 nitrogen and oxygen atoms in total. The molecule has 15 heavy (non-hydrogen) atoms. The van der Waals surface area contributed by atoms with E-state index in [0.29, 0.717) is 6.42 Å². The van der Waals surface area contributed by atoms with Gasteiger partial charge in [0.15, 0.2) is 0 Å². The Hall–Kier alpha value is -1.39. The third-order valence-corrected chi connectivity index (χ3v) is 2.74. The highest BCUT2D eigenvalue weighted by atomic mass is 16.4. The van der Waals surface area contributed by atoms with Gasteiger partial charge < -0.3 is 9.67 Å². The van der Waals surface area contributed by atoms with Gasteiger partial charge in [-0.15, -0.1) is 10.2 Å². The van der Waals surface area contributed by atoms with E-state index in [4.69, 9.17) is 5.11 Å². The smallest absolute Gasteiger partial charge is 0.303 e. The maximum Gasteiger partial charge on any atom is 0.303 e. The largest absolute Gasteiger partial charge is 0.481 e. The van der Waals surface area contributed by atoms with Gasteiger partial charge in [-0.05, 0) is 12.3 Å². The molecule has 2 rings (SSSR count). The Bertz CT molecular complexity index is 373. The van der Waals surface area contributed by atoms with Crippen molar-refractivity contribution in [2.45, 2.75) is 39.2 Å². The lowest BCUT2D eigenvalue weighted by Gasteiger charge is -2.08. The fraction of sp³-hybridized carbons (Fsp3) is 0.700. The third kappa shape index (κ3) is 2.16. The van der Waals surface area contributed by atoms with E-state index in [0.717, 1.165) is 31.0 Å². The number of nitrogens with zero attached hydrogens (tertiary/aromatic N) is 3. The van der Waals surface area contributed by atoms with Crippen LogP contribution in [0.1, 0.15) is 31.4 Å². The van der Waals surface area contributed by atoms with Crippen LogP contribution in [0.15, 0.2) is 0 Å². The zero-order chi connectivity index (χ0) is 10.8. The van der Waals surface area contributed by atoms with Gasteiger partial charge >= 0.3 is 5.97 Å².